The van der Waals surface area contributed by atoms with Crippen LogP contribution in [0, 0.1) is 0 Å². The summed E-state index contributed by atoms with van der Waals surface area (Å²) in [7, 11) is 1.69. The third-order valence-corrected chi connectivity index (χ3v) is 3.08. The Labute approximate surface area is 114 Å². The Morgan fingerprint density at radius 2 is 2.28 bits per heavy atom. The van der Waals surface area contributed by atoms with Gasteiger partial charge in [0.15, 0.2) is 0 Å². The van der Waals surface area contributed by atoms with Crippen LogP contribution in [-0.4, -0.2) is 22.8 Å². The number of rotatable bonds is 3. The summed E-state index contributed by atoms with van der Waals surface area (Å²) in [5, 5.41) is 0.449. The SMILES string of the molecule is CN(Cc1ccoc1)C(=O)c1cnc(Cl)c(Cl)c1. The van der Waals surface area contributed by atoms with Crippen LogP contribution >= 0.6 is 23.2 Å². The Hall–Kier alpha value is -1.52. The summed E-state index contributed by atoms with van der Waals surface area (Å²) in [6, 6.07) is 3.31. The number of hydrogen-bond donors (Lipinski definition) is 0. The molecule has 0 aliphatic rings. The monoisotopic (exact) mass is 284 g/mol. The van der Waals surface area contributed by atoms with Crippen molar-refractivity contribution in [3.8, 4) is 0 Å². The zero-order valence-electron chi connectivity index (χ0n) is 9.56. The summed E-state index contributed by atoms with van der Waals surface area (Å²) < 4.78 is 4.95. The molecule has 4 nitrogen and oxygen atoms in total. The lowest BCUT2D eigenvalue weighted by atomic mass is 10.2. The van der Waals surface area contributed by atoms with Crippen molar-refractivity contribution in [2.24, 2.45) is 0 Å². The Kier molecular flexibility index (Phi) is 3.89. The molecule has 2 aromatic heterocycles. The molecule has 0 fully saturated rings. The van der Waals surface area contributed by atoms with Crippen molar-refractivity contribution in [2.45, 2.75) is 6.54 Å². The van der Waals surface area contributed by atoms with E-state index in [1.54, 1.807) is 30.5 Å². The molecule has 0 aliphatic carbocycles. The summed E-state index contributed by atoms with van der Waals surface area (Å²) in [6.07, 6.45) is 4.56. The van der Waals surface area contributed by atoms with E-state index >= 15 is 0 Å². The van der Waals surface area contributed by atoms with Crippen LogP contribution in [0.5, 0.6) is 0 Å². The molecule has 0 bridgehead atoms. The van der Waals surface area contributed by atoms with Crippen LogP contribution in [0.4, 0.5) is 0 Å². The van der Waals surface area contributed by atoms with Crippen molar-refractivity contribution in [1.82, 2.24) is 9.88 Å². The Bertz CT molecular complexity index is 555. The second-order valence-electron chi connectivity index (χ2n) is 3.79. The molecule has 1 amide bonds. The first-order valence-electron chi connectivity index (χ1n) is 5.15. The summed E-state index contributed by atoms with van der Waals surface area (Å²) in [5.41, 5.74) is 1.31. The van der Waals surface area contributed by atoms with Gasteiger partial charge in [-0.15, -0.1) is 0 Å². The molecular weight excluding hydrogens is 275 g/mol. The smallest absolute Gasteiger partial charge is 0.255 e. The number of pyridine rings is 1. The van der Waals surface area contributed by atoms with Gasteiger partial charge in [-0.05, 0) is 12.1 Å². The van der Waals surface area contributed by atoms with Crippen molar-refractivity contribution in [1.29, 1.82) is 0 Å². The highest BCUT2D eigenvalue weighted by molar-refractivity contribution is 6.41. The molecule has 18 heavy (non-hydrogen) atoms. The van der Waals surface area contributed by atoms with Gasteiger partial charge >= 0.3 is 0 Å². The number of amides is 1. The van der Waals surface area contributed by atoms with Crippen LogP contribution in [0.1, 0.15) is 15.9 Å². The van der Waals surface area contributed by atoms with Gasteiger partial charge in [0.25, 0.3) is 5.91 Å². The Morgan fingerprint density at radius 1 is 1.50 bits per heavy atom. The van der Waals surface area contributed by atoms with Gasteiger partial charge in [0.05, 0.1) is 23.1 Å². The van der Waals surface area contributed by atoms with Crippen LogP contribution in [-0.2, 0) is 6.54 Å². The average molecular weight is 285 g/mol. The molecule has 0 unspecified atom stereocenters. The minimum absolute atomic E-state index is 0.178. The summed E-state index contributed by atoms with van der Waals surface area (Å²) in [5.74, 6) is -0.178. The van der Waals surface area contributed by atoms with Gasteiger partial charge < -0.3 is 9.32 Å². The second kappa shape index (κ2) is 5.42. The maximum absolute atomic E-state index is 12.1. The van der Waals surface area contributed by atoms with Gasteiger partial charge in [-0.1, -0.05) is 23.2 Å². The van der Waals surface area contributed by atoms with E-state index in [0.717, 1.165) is 5.56 Å². The largest absolute Gasteiger partial charge is 0.472 e. The molecule has 6 heteroatoms. The number of nitrogens with zero attached hydrogens (tertiary/aromatic N) is 2. The number of carbonyl (C=O) groups excluding carboxylic acids is 1. The third-order valence-electron chi connectivity index (χ3n) is 2.39. The molecule has 94 valence electrons. The normalized spacial score (nSPS) is 10.4. The topological polar surface area (TPSA) is 46.3 Å². The fraction of sp³-hybridized carbons (Fsp3) is 0.167. The number of carbonyl (C=O) groups is 1. The lowest BCUT2D eigenvalue weighted by Crippen LogP contribution is -2.26. The first-order valence-corrected chi connectivity index (χ1v) is 5.91. The van der Waals surface area contributed by atoms with E-state index in [-0.39, 0.29) is 16.1 Å². The Morgan fingerprint density at radius 3 is 2.89 bits per heavy atom. The van der Waals surface area contributed by atoms with Crippen LogP contribution < -0.4 is 0 Å². The molecule has 2 aromatic rings. The molecule has 0 saturated carbocycles. The van der Waals surface area contributed by atoms with Crippen molar-refractivity contribution >= 4 is 29.1 Å². The molecule has 0 spiro atoms. The molecule has 0 saturated heterocycles. The first kappa shape index (κ1) is 12.9. The molecule has 0 aromatic carbocycles. The van der Waals surface area contributed by atoms with E-state index in [2.05, 4.69) is 4.98 Å². The third kappa shape index (κ3) is 2.83. The van der Waals surface area contributed by atoms with Crippen LogP contribution in [0.2, 0.25) is 10.2 Å². The van der Waals surface area contributed by atoms with Crippen molar-refractivity contribution in [3.05, 3.63) is 52.2 Å². The quantitative estimate of drug-likeness (QED) is 0.813. The molecule has 2 rings (SSSR count). The summed E-state index contributed by atoms with van der Waals surface area (Å²) in [6.45, 7) is 0.454. The van der Waals surface area contributed by atoms with Crippen molar-refractivity contribution in [2.75, 3.05) is 7.05 Å². The van der Waals surface area contributed by atoms with Gasteiger partial charge in [0.1, 0.15) is 5.15 Å². The summed E-state index contributed by atoms with van der Waals surface area (Å²) in [4.78, 5) is 17.5. The maximum Gasteiger partial charge on any atom is 0.255 e. The Balaban J connectivity index is 2.12. The minimum atomic E-state index is -0.178. The van der Waals surface area contributed by atoms with E-state index in [1.165, 1.54) is 12.3 Å². The highest BCUT2D eigenvalue weighted by atomic mass is 35.5. The number of aromatic nitrogens is 1. The van der Waals surface area contributed by atoms with Crippen LogP contribution in [0.3, 0.4) is 0 Å². The molecule has 0 radical (unpaired) electrons. The lowest BCUT2D eigenvalue weighted by molar-refractivity contribution is 0.0784. The molecular formula is C12H10Cl2N2O2. The van der Waals surface area contributed by atoms with Crippen LogP contribution in [0.15, 0.2) is 35.3 Å². The lowest BCUT2D eigenvalue weighted by Gasteiger charge is -2.16. The van der Waals surface area contributed by atoms with Crippen molar-refractivity contribution in [3.63, 3.8) is 0 Å². The molecule has 0 atom stereocenters. The van der Waals surface area contributed by atoms with Gasteiger partial charge in [-0.25, -0.2) is 4.98 Å². The number of furan rings is 1. The minimum Gasteiger partial charge on any atom is -0.472 e. The van der Waals surface area contributed by atoms with E-state index in [9.17, 15) is 4.79 Å². The maximum atomic E-state index is 12.1. The summed E-state index contributed by atoms with van der Waals surface area (Å²) >= 11 is 11.5. The van der Waals surface area contributed by atoms with Gasteiger partial charge in [-0.3, -0.25) is 4.79 Å². The molecule has 0 N–H and O–H groups in total. The van der Waals surface area contributed by atoms with Gasteiger partial charge in [-0.2, -0.15) is 0 Å². The van der Waals surface area contributed by atoms with E-state index in [1.807, 2.05) is 0 Å². The predicted octanol–water partition coefficient (Wildman–Crippen LogP) is 3.25. The fourth-order valence-electron chi connectivity index (χ4n) is 1.49. The fourth-order valence-corrected chi connectivity index (χ4v) is 1.76. The van der Waals surface area contributed by atoms with Crippen LogP contribution in [0.25, 0.3) is 0 Å². The molecule has 2 heterocycles. The second-order valence-corrected chi connectivity index (χ2v) is 4.55. The van der Waals surface area contributed by atoms with Crippen molar-refractivity contribution < 1.29 is 9.21 Å². The highest BCUT2D eigenvalue weighted by Gasteiger charge is 2.14. The highest BCUT2D eigenvalue weighted by Crippen LogP contribution is 2.20. The number of halogens is 2. The van der Waals surface area contributed by atoms with Gasteiger partial charge in [0.2, 0.25) is 0 Å². The zero-order chi connectivity index (χ0) is 13.1. The zero-order valence-corrected chi connectivity index (χ0v) is 11.1. The first-order chi connectivity index (χ1) is 8.58. The number of hydrogen-bond acceptors (Lipinski definition) is 3. The standard InChI is InChI=1S/C12H10Cl2N2O2/c1-16(6-8-2-3-18-7-8)12(17)9-4-10(13)11(14)15-5-9/h2-5,7H,6H2,1H3. The van der Waals surface area contributed by atoms with E-state index in [0.29, 0.717) is 12.1 Å². The van der Waals surface area contributed by atoms with E-state index in [4.69, 9.17) is 27.6 Å². The van der Waals surface area contributed by atoms with Gasteiger partial charge in [0, 0.05) is 25.4 Å². The average Bonchev–Trinajstić information content (AvgIpc) is 2.84. The molecule has 0 aliphatic heterocycles. The van der Waals surface area contributed by atoms with E-state index < -0.39 is 0 Å². The predicted molar refractivity (Wildman–Crippen MR) is 68.8 cm³/mol.